The van der Waals surface area contributed by atoms with Gasteiger partial charge in [0, 0.05) is 19.8 Å². The molecule has 0 amide bonds. The van der Waals surface area contributed by atoms with Crippen molar-refractivity contribution in [2.75, 3.05) is 0 Å². The number of alkyl halides is 1. The molecule has 4 heteroatoms. The second-order valence-corrected chi connectivity index (χ2v) is 7.05. The van der Waals surface area contributed by atoms with Crippen LogP contribution in [0.25, 0.3) is 0 Å². The van der Waals surface area contributed by atoms with Gasteiger partial charge in [0.1, 0.15) is 5.82 Å². The van der Waals surface area contributed by atoms with Crippen LogP contribution >= 0.6 is 43.2 Å². The zero-order valence-corrected chi connectivity index (χ0v) is 13.4. The van der Waals surface area contributed by atoms with Crippen LogP contribution in [0.4, 0.5) is 4.39 Å². The Morgan fingerprint density at radius 1 is 1.24 bits per heavy atom. The van der Waals surface area contributed by atoms with Gasteiger partial charge in [-0.1, -0.05) is 37.9 Å². The Balaban J connectivity index is 2.43. The van der Waals surface area contributed by atoms with Crippen LogP contribution in [0.5, 0.6) is 0 Å². The van der Waals surface area contributed by atoms with E-state index in [0.29, 0.717) is 5.56 Å². The zero-order chi connectivity index (χ0) is 12.6. The Morgan fingerprint density at radius 3 is 2.47 bits per heavy atom. The molecule has 0 saturated heterocycles. The molecule has 0 fully saturated rings. The van der Waals surface area contributed by atoms with E-state index in [2.05, 4.69) is 51.8 Å². The molecular formula is C13H11Br2FS. The molecule has 90 valence electrons. The summed E-state index contributed by atoms with van der Waals surface area (Å²) in [6.07, 6.45) is 0. The second kappa shape index (κ2) is 5.21. The third-order valence-corrected chi connectivity index (χ3v) is 5.51. The Hall–Kier alpha value is -0.190. The van der Waals surface area contributed by atoms with Crippen molar-refractivity contribution in [1.82, 2.24) is 0 Å². The van der Waals surface area contributed by atoms with Crippen molar-refractivity contribution in [2.45, 2.75) is 18.7 Å². The van der Waals surface area contributed by atoms with E-state index in [1.807, 2.05) is 12.1 Å². The molecule has 0 aliphatic heterocycles. The molecule has 0 spiro atoms. The first-order valence-electron chi connectivity index (χ1n) is 5.15. The lowest BCUT2D eigenvalue weighted by Crippen LogP contribution is -1.95. The van der Waals surface area contributed by atoms with E-state index in [4.69, 9.17) is 0 Å². The molecule has 17 heavy (non-hydrogen) atoms. The number of benzene rings is 1. The van der Waals surface area contributed by atoms with Crippen LogP contribution in [0.15, 0.2) is 28.7 Å². The topological polar surface area (TPSA) is 0 Å². The molecule has 1 unspecified atom stereocenters. The van der Waals surface area contributed by atoms with E-state index in [-0.39, 0.29) is 10.6 Å². The Kier molecular flexibility index (Phi) is 4.06. The number of halogens is 3. The monoisotopic (exact) mass is 376 g/mol. The summed E-state index contributed by atoms with van der Waals surface area (Å²) in [5, 5.41) is 0. The van der Waals surface area contributed by atoms with Gasteiger partial charge in [-0.05, 0) is 37.6 Å². The highest BCUT2D eigenvalue weighted by molar-refractivity contribution is 9.10. The summed E-state index contributed by atoms with van der Waals surface area (Å²) in [5.74, 6) is -0.188. The summed E-state index contributed by atoms with van der Waals surface area (Å²) in [6, 6.07) is 7.31. The highest BCUT2D eigenvalue weighted by atomic mass is 79.9. The van der Waals surface area contributed by atoms with Crippen LogP contribution < -0.4 is 0 Å². The largest absolute Gasteiger partial charge is 0.207 e. The number of hydrogen-bond acceptors (Lipinski definition) is 1. The summed E-state index contributed by atoms with van der Waals surface area (Å²) in [7, 11) is 0. The van der Waals surface area contributed by atoms with Crippen molar-refractivity contribution in [2.24, 2.45) is 0 Å². The molecule has 0 N–H and O–H groups in total. The molecule has 1 aromatic carbocycles. The van der Waals surface area contributed by atoms with Crippen LogP contribution in [-0.2, 0) is 0 Å². The maximum atomic E-state index is 13.9. The lowest BCUT2D eigenvalue weighted by molar-refractivity contribution is 0.613. The van der Waals surface area contributed by atoms with E-state index in [9.17, 15) is 4.39 Å². The van der Waals surface area contributed by atoms with Gasteiger partial charge in [0.25, 0.3) is 0 Å². The normalized spacial score (nSPS) is 12.8. The lowest BCUT2D eigenvalue weighted by Gasteiger charge is -2.11. The van der Waals surface area contributed by atoms with Crippen LogP contribution in [0.3, 0.4) is 0 Å². The van der Waals surface area contributed by atoms with Crippen LogP contribution in [0, 0.1) is 19.7 Å². The lowest BCUT2D eigenvalue weighted by atomic mass is 10.1. The third kappa shape index (κ3) is 2.80. The Morgan fingerprint density at radius 2 is 1.94 bits per heavy atom. The van der Waals surface area contributed by atoms with Gasteiger partial charge in [-0.15, -0.1) is 11.3 Å². The van der Waals surface area contributed by atoms with E-state index in [1.54, 1.807) is 11.3 Å². The van der Waals surface area contributed by atoms with Crippen molar-refractivity contribution >= 4 is 43.2 Å². The number of aryl methyl sites for hydroxylation is 2. The maximum Gasteiger partial charge on any atom is 0.129 e. The predicted octanol–water partition coefficient (Wildman–Crippen LogP) is 5.75. The maximum absolute atomic E-state index is 13.9. The molecule has 2 aromatic rings. The zero-order valence-electron chi connectivity index (χ0n) is 9.43. The smallest absolute Gasteiger partial charge is 0.129 e. The number of rotatable bonds is 2. The molecule has 0 aliphatic carbocycles. The summed E-state index contributed by atoms with van der Waals surface area (Å²) >= 11 is 8.56. The fourth-order valence-corrected chi connectivity index (χ4v) is 4.14. The van der Waals surface area contributed by atoms with Crippen molar-refractivity contribution in [3.63, 3.8) is 0 Å². The van der Waals surface area contributed by atoms with Gasteiger partial charge in [-0.3, -0.25) is 0 Å². The van der Waals surface area contributed by atoms with Gasteiger partial charge in [0.15, 0.2) is 0 Å². The average molecular weight is 378 g/mol. The molecule has 0 radical (unpaired) electrons. The van der Waals surface area contributed by atoms with Crippen LogP contribution in [-0.4, -0.2) is 0 Å². The van der Waals surface area contributed by atoms with Crippen molar-refractivity contribution < 1.29 is 4.39 Å². The minimum Gasteiger partial charge on any atom is -0.207 e. The molecule has 0 aliphatic rings. The molecule has 2 rings (SSSR count). The molecule has 1 atom stereocenters. The molecule has 0 bridgehead atoms. The first-order chi connectivity index (χ1) is 7.99. The number of thiophene rings is 1. The van der Waals surface area contributed by atoms with Crippen LogP contribution in [0.2, 0.25) is 0 Å². The molecule has 0 nitrogen and oxygen atoms in total. The van der Waals surface area contributed by atoms with Crippen molar-refractivity contribution in [3.8, 4) is 0 Å². The number of hydrogen-bond donors (Lipinski definition) is 0. The molecule has 1 aromatic heterocycles. The molecule has 1 heterocycles. The first kappa shape index (κ1) is 13.2. The van der Waals surface area contributed by atoms with E-state index in [0.717, 1.165) is 4.47 Å². The van der Waals surface area contributed by atoms with Gasteiger partial charge >= 0.3 is 0 Å². The molecular weight excluding hydrogens is 367 g/mol. The first-order valence-corrected chi connectivity index (χ1v) is 7.67. The van der Waals surface area contributed by atoms with Gasteiger partial charge in [-0.25, -0.2) is 4.39 Å². The minimum absolute atomic E-state index is 0.0747. The second-order valence-electron chi connectivity index (χ2n) is 3.93. The van der Waals surface area contributed by atoms with Crippen molar-refractivity contribution in [1.29, 1.82) is 0 Å². The fourth-order valence-electron chi connectivity index (χ4n) is 1.76. The van der Waals surface area contributed by atoms with Crippen molar-refractivity contribution in [3.05, 3.63) is 55.4 Å². The molecule has 0 saturated carbocycles. The van der Waals surface area contributed by atoms with Gasteiger partial charge in [-0.2, -0.15) is 0 Å². The standard InChI is InChI=1S/C13H11Br2FS/c1-7-5-8(2)17-13(7)12(15)10-4-3-9(14)6-11(10)16/h3-6,12H,1-2H3. The summed E-state index contributed by atoms with van der Waals surface area (Å²) < 4.78 is 14.6. The van der Waals surface area contributed by atoms with E-state index < -0.39 is 0 Å². The highest BCUT2D eigenvalue weighted by Gasteiger charge is 2.18. The third-order valence-electron chi connectivity index (χ3n) is 2.55. The van der Waals surface area contributed by atoms with E-state index >= 15 is 0 Å². The average Bonchev–Trinajstić information content (AvgIpc) is 2.57. The SMILES string of the molecule is Cc1cc(C)c(C(Br)c2ccc(Br)cc2F)s1. The summed E-state index contributed by atoms with van der Waals surface area (Å²) in [5.41, 5.74) is 1.88. The van der Waals surface area contributed by atoms with Gasteiger partial charge in [0.05, 0.1) is 4.83 Å². The Labute approximate surface area is 121 Å². The summed E-state index contributed by atoms with van der Waals surface area (Å²) in [4.78, 5) is 2.34. The highest BCUT2D eigenvalue weighted by Crippen LogP contribution is 2.39. The minimum atomic E-state index is -0.188. The quantitative estimate of drug-likeness (QED) is 0.584. The fraction of sp³-hybridized carbons (Fsp3) is 0.231. The van der Waals surface area contributed by atoms with Gasteiger partial charge < -0.3 is 0 Å². The van der Waals surface area contributed by atoms with E-state index in [1.165, 1.54) is 21.4 Å². The van der Waals surface area contributed by atoms with Gasteiger partial charge in [0.2, 0.25) is 0 Å². The Bertz CT molecular complexity index is 548. The predicted molar refractivity (Wildman–Crippen MR) is 78.7 cm³/mol. The summed E-state index contributed by atoms with van der Waals surface area (Å²) in [6.45, 7) is 4.13. The van der Waals surface area contributed by atoms with Crippen LogP contribution in [0.1, 0.15) is 25.7 Å².